The molecule has 1 aliphatic heterocycles. The molecule has 2 aromatic rings. The van der Waals surface area contributed by atoms with Crippen LogP contribution in [0.1, 0.15) is 12.5 Å². The van der Waals surface area contributed by atoms with E-state index in [2.05, 4.69) is 4.98 Å². The number of likely N-dealkylation sites (N-methyl/N-ethyl adjacent to an activating group) is 1. The minimum absolute atomic E-state index is 0.104. The van der Waals surface area contributed by atoms with Crippen molar-refractivity contribution in [1.29, 1.82) is 0 Å². The molecule has 2 N–H and O–H groups in total. The average Bonchev–Trinajstić information content (AvgIpc) is 3.15. The summed E-state index contributed by atoms with van der Waals surface area (Å²) in [5, 5.41) is 1.70. The number of halogens is 2. The summed E-state index contributed by atoms with van der Waals surface area (Å²) in [5.74, 6) is -1.50. The summed E-state index contributed by atoms with van der Waals surface area (Å²) >= 11 is 0. The Morgan fingerprint density at radius 2 is 1.94 bits per heavy atom. The van der Waals surface area contributed by atoms with Crippen molar-refractivity contribution in [1.82, 2.24) is 10.0 Å². The van der Waals surface area contributed by atoms with Crippen molar-refractivity contribution in [2.24, 2.45) is 5.73 Å². The quantitative estimate of drug-likeness (QED) is 0.574. The van der Waals surface area contributed by atoms with Gasteiger partial charge in [-0.25, -0.2) is 13.6 Å². The predicted molar refractivity (Wildman–Crippen MR) is 113 cm³/mol. The molecule has 0 aliphatic carbocycles. The standard InChI is InChI=1S/C21H27F2N5O3/c1-3-26(8-9-27(30-2)13-15-4-6-25-7-5-15)20-18(22)10-16(11-19(20)23)28-14-17(12-24)31-21(28)29/h4-7,10-11,17H,3,8-9,12-14,24H2,1-2H3/t17-/m0/s1. The first-order valence-corrected chi connectivity index (χ1v) is 10.1. The van der Waals surface area contributed by atoms with E-state index in [1.54, 1.807) is 29.5 Å². The molecule has 31 heavy (non-hydrogen) atoms. The lowest BCUT2D eigenvalue weighted by Crippen LogP contribution is -2.35. The van der Waals surface area contributed by atoms with Crippen molar-refractivity contribution in [3.05, 3.63) is 53.9 Å². The fourth-order valence-corrected chi connectivity index (χ4v) is 3.45. The molecule has 0 radical (unpaired) electrons. The van der Waals surface area contributed by atoms with Crippen LogP contribution in [-0.2, 0) is 16.1 Å². The van der Waals surface area contributed by atoms with Gasteiger partial charge in [0.1, 0.15) is 11.8 Å². The number of pyridine rings is 1. The molecule has 1 fully saturated rings. The van der Waals surface area contributed by atoms with Gasteiger partial charge in [-0.05, 0) is 24.6 Å². The zero-order valence-electron chi connectivity index (χ0n) is 17.6. The van der Waals surface area contributed by atoms with Crippen LogP contribution in [0.5, 0.6) is 0 Å². The third kappa shape index (κ3) is 5.46. The summed E-state index contributed by atoms with van der Waals surface area (Å²) in [6.07, 6.45) is 2.23. The zero-order chi connectivity index (χ0) is 22.4. The number of anilines is 2. The number of carbonyl (C=O) groups excluding carboxylic acids is 1. The molecule has 1 aromatic carbocycles. The van der Waals surface area contributed by atoms with E-state index in [9.17, 15) is 13.6 Å². The second kappa shape index (κ2) is 10.5. The molecule has 0 bridgehead atoms. The Labute approximate surface area is 180 Å². The SMILES string of the molecule is CCN(CCN(Cc1ccncc1)OC)c1c(F)cc(N2C[C@H](CN)OC2=O)cc1F. The summed E-state index contributed by atoms with van der Waals surface area (Å²) in [4.78, 5) is 24.1. The Kier molecular flexibility index (Phi) is 7.72. The number of ether oxygens (including phenoxy) is 1. The number of aromatic nitrogens is 1. The molecule has 1 saturated heterocycles. The first kappa shape index (κ1) is 22.9. The molecule has 0 unspecified atom stereocenters. The molecular weight excluding hydrogens is 408 g/mol. The van der Waals surface area contributed by atoms with Gasteiger partial charge in [0.05, 0.1) is 19.3 Å². The third-order valence-electron chi connectivity index (χ3n) is 5.13. The number of nitrogens with zero attached hydrogens (tertiary/aromatic N) is 4. The lowest BCUT2D eigenvalue weighted by molar-refractivity contribution is -0.136. The number of carbonyl (C=O) groups is 1. The molecule has 10 heteroatoms. The summed E-state index contributed by atoms with van der Waals surface area (Å²) in [6.45, 7) is 3.78. The van der Waals surface area contributed by atoms with E-state index < -0.39 is 23.8 Å². The topological polar surface area (TPSA) is 84.2 Å². The Bertz CT molecular complexity index is 864. The van der Waals surface area contributed by atoms with E-state index in [0.717, 1.165) is 17.7 Å². The Balaban J connectivity index is 1.71. The molecule has 168 valence electrons. The summed E-state index contributed by atoms with van der Waals surface area (Å²) in [6, 6.07) is 6.04. The average molecular weight is 435 g/mol. The largest absolute Gasteiger partial charge is 0.443 e. The zero-order valence-corrected chi connectivity index (χ0v) is 17.6. The number of nitrogens with two attached hydrogens (primary N) is 1. The lowest BCUT2D eigenvalue weighted by Gasteiger charge is -2.28. The molecule has 1 aliphatic rings. The number of hydrogen-bond acceptors (Lipinski definition) is 7. The molecule has 8 nitrogen and oxygen atoms in total. The number of benzene rings is 1. The van der Waals surface area contributed by atoms with Gasteiger partial charge in [-0.3, -0.25) is 9.88 Å². The van der Waals surface area contributed by atoms with Crippen LogP contribution in [0.2, 0.25) is 0 Å². The minimum Gasteiger partial charge on any atom is -0.443 e. The minimum atomic E-state index is -0.751. The van der Waals surface area contributed by atoms with Crippen LogP contribution in [0, 0.1) is 11.6 Å². The van der Waals surface area contributed by atoms with E-state index in [4.69, 9.17) is 15.3 Å². The second-order valence-corrected chi connectivity index (χ2v) is 7.09. The maximum absolute atomic E-state index is 14.9. The van der Waals surface area contributed by atoms with Gasteiger partial charge >= 0.3 is 6.09 Å². The molecular formula is C21H27F2N5O3. The summed E-state index contributed by atoms with van der Waals surface area (Å²) in [7, 11) is 1.55. The highest BCUT2D eigenvalue weighted by Crippen LogP contribution is 2.31. The van der Waals surface area contributed by atoms with E-state index in [1.807, 2.05) is 19.1 Å². The lowest BCUT2D eigenvalue weighted by atomic mass is 10.2. The van der Waals surface area contributed by atoms with Crippen LogP contribution < -0.4 is 15.5 Å². The van der Waals surface area contributed by atoms with Gasteiger partial charge in [0.2, 0.25) is 0 Å². The second-order valence-electron chi connectivity index (χ2n) is 7.09. The Morgan fingerprint density at radius 3 is 2.48 bits per heavy atom. The monoisotopic (exact) mass is 435 g/mol. The van der Waals surface area contributed by atoms with Crippen molar-refractivity contribution in [2.75, 3.05) is 49.6 Å². The Morgan fingerprint density at radius 1 is 1.26 bits per heavy atom. The fourth-order valence-electron chi connectivity index (χ4n) is 3.45. The van der Waals surface area contributed by atoms with E-state index in [0.29, 0.717) is 26.2 Å². The molecule has 0 saturated carbocycles. The normalized spacial score (nSPS) is 16.1. The van der Waals surface area contributed by atoms with Crippen LogP contribution in [0.3, 0.4) is 0 Å². The van der Waals surface area contributed by atoms with E-state index in [-0.39, 0.29) is 24.5 Å². The van der Waals surface area contributed by atoms with Gasteiger partial charge in [0.15, 0.2) is 11.6 Å². The van der Waals surface area contributed by atoms with Crippen molar-refractivity contribution in [3.63, 3.8) is 0 Å². The maximum atomic E-state index is 14.9. The number of amides is 1. The molecule has 1 atom stereocenters. The number of hydrogen-bond donors (Lipinski definition) is 1. The van der Waals surface area contributed by atoms with Crippen molar-refractivity contribution in [3.8, 4) is 0 Å². The smallest absolute Gasteiger partial charge is 0.414 e. The highest BCUT2D eigenvalue weighted by atomic mass is 19.1. The van der Waals surface area contributed by atoms with Crippen LogP contribution in [-0.4, -0.2) is 62.1 Å². The molecule has 1 aromatic heterocycles. The van der Waals surface area contributed by atoms with Gasteiger partial charge < -0.3 is 20.2 Å². The molecule has 2 heterocycles. The maximum Gasteiger partial charge on any atom is 0.414 e. The van der Waals surface area contributed by atoms with Crippen LogP contribution in [0.25, 0.3) is 0 Å². The summed E-state index contributed by atoms with van der Waals surface area (Å²) in [5.41, 5.74) is 6.49. The summed E-state index contributed by atoms with van der Waals surface area (Å²) < 4.78 is 34.9. The highest BCUT2D eigenvalue weighted by molar-refractivity contribution is 5.90. The molecule has 1 amide bonds. The molecule has 0 spiro atoms. The number of cyclic esters (lactones) is 1. The van der Waals surface area contributed by atoms with Crippen LogP contribution in [0.15, 0.2) is 36.7 Å². The third-order valence-corrected chi connectivity index (χ3v) is 5.13. The van der Waals surface area contributed by atoms with Gasteiger partial charge in [-0.2, -0.15) is 5.06 Å². The predicted octanol–water partition coefficient (Wildman–Crippen LogP) is 2.53. The van der Waals surface area contributed by atoms with Gasteiger partial charge in [-0.1, -0.05) is 0 Å². The van der Waals surface area contributed by atoms with Crippen LogP contribution in [0.4, 0.5) is 25.0 Å². The number of rotatable bonds is 10. The van der Waals surface area contributed by atoms with E-state index >= 15 is 0 Å². The first-order chi connectivity index (χ1) is 15.0. The van der Waals surface area contributed by atoms with Crippen molar-refractivity contribution < 1.29 is 23.1 Å². The van der Waals surface area contributed by atoms with Crippen molar-refractivity contribution >= 4 is 17.5 Å². The van der Waals surface area contributed by atoms with Gasteiger partial charge in [0.25, 0.3) is 0 Å². The van der Waals surface area contributed by atoms with Crippen molar-refractivity contribution in [2.45, 2.75) is 19.6 Å². The van der Waals surface area contributed by atoms with Gasteiger partial charge in [0, 0.05) is 57.3 Å². The Hall–Kier alpha value is -2.82. The van der Waals surface area contributed by atoms with Gasteiger partial charge in [-0.15, -0.1) is 0 Å². The molecule has 3 rings (SSSR count). The van der Waals surface area contributed by atoms with Crippen LogP contribution >= 0.6 is 0 Å². The highest BCUT2D eigenvalue weighted by Gasteiger charge is 2.32. The van der Waals surface area contributed by atoms with E-state index in [1.165, 1.54) is 4.90 Å². The first-order valence-electron chi connectivity index (χ1n) is 10.1. The fraction of sp³-hybridized carbons (Fsp3) is 0.429. The number of hydroxylamine groups is 2.